The van der Waals surface area contributed by atoms with Crippen molar-refractivity contribution in [3.63, 3.8) is 0 Å². The number of nitrogens with one attached hydrogen (secondary N) is 2. The molecule has 0 aliphatic carbocycles. The summed E-state index contributed by atoms with van der Waals surface area (Å²) >= 11 is 1.45. The van der Waals surface area contributed by atoms with E-state index in [4.69, 9.17) is 0 Å². The second-order valence-corrected chi connectivity index (χ2v) is 6.47. The third kappa shape index (κ3) is 4.15. The fourth-order valence-corrected chi connectivity index (χ4v) is 3.37. The molecule has 1 aliphatic rings. The zero-order valence-electron chi connectivity index (χ0n) is 13.0. The molecule has 1 amide bonds. The highest BCUT2D eigenvalue weighted by Gasteiger charge is 2.10. The average molecular weight is 335 g/mol. The minimum atomic E-state index is -0.0788. The Balaban J connectivity index is 1.44. The number of nitrogens with zero attached hydrogens (tertiary/aromatic N) is 3. The van der Waals surface area contributed by atoms with Gasteiger partial charge in [-0.2, -0.15) is 0 Å². The number of hydrogen-bond acceptors (Lipinski definition) is 6. The van der Waals surface area contributed by atoms with Gasteiger partial charge in [-0.1, -0.05) is 0 Å². The summed E-state index contributed by atoms with van der Waals surface area (Å²) < 4.78 is 1.50. The van der Waals surface area contributed by atoms with E-state index in [1.54, 1.807) is 6.07 Å². The third-order valence-corrected chi connectivity index (χ3v) is 4.81. The highest BCUT2D eigenvalue weighted by atomic mass is 32.1. The summed E-state index contributed by atoms with van der Waals surface area (Å²) in [6.07, 6.45) is 1.81. The van der Waals surface area contributed by atoms with Crippen molar-refractivity contribution < 1.29 is 4.79 Å². The fraction of sp³-hybridized carbons (Fsp3) is 0.533. The molecule has 2 aromatic rings. The molecule has 124 valence electrons. The molecule has 1 aliphatic heterocycles. The second kappa shape index (κ2) is 7.67. The molecule has 2 aromatic heterocycles. The number of aryl methyl sites for hydroxylation is 1. The number of fused-ring (bicyclic) bond motifs is 1. The van der Waals surface area contributed by atoms with Gasteiger partial charge in [0.15, 0.2) is 0 Å². The zero-order valence-corrected chi connectivity index (χ0v) is 13.8. The maximum atomic E-state index is 12.2. The SMILES string of the molecule is O=C(CCn1cnc2sccc2c1=O)NCCN1CCNCC1. The van der Waals surface area contributed by atoms with Crippen LogP contribution < -0.4 is 16.2 Å². The van der Waals surface area contributed by atoms with Gasteiger partial charge < -0.3 is 10.6 Å². The first-order valence-corrected chi connectivity index (χ1v) is 8.74. The number of thiophene rings is 1. The summed E-state index contributed by atoms with van der Waals surface area (Å²) in [5, 5.41) is 8.69. The van der Waals surface area contributed by atoms with Crippen LogP contribution in [0.4, 0.5) is 0 Å². The Kier molecular flexibility index (Phi) is 5.37. The van der Waals surface area contributed by atoms with Gasteiger partial charge in [0.05, 0.1) is 11.7 Å². The molecule has 0 radical (unpaired) electrons. The maximum Gasteiger partial charge on any atom is 0.262 e. The average Bonchev–Trinajstić information content (AvgIpc) is 3.05. The number of piperazine rings is 1. The summed E-state index contributed by atoms with van der Waals surface area (Å²) in [7, 11) is 0. The van der Waals surface area contributed by atoms with Crippen LogP contribution in [-0.2, 0) is 11.3 Å². The molecule has 1 saturated heterocycles. The monoisotopic (exact) mass is 335 g/mol. The van der Waals surface area contributed by atoms with E-state index < -0.39 is 0 Å². The Morgan fingerprint density at radius 2 is 2.17 bits per heavy atom. The van der Waals surface area contributed by atoms with Gasteiger partial charge in [0.25, 0.3) is 5.56 Å². The van der Waals surface area contributed by atoms with E-state index in [1.165, 1.54) is 22.2 Å². The Bertz CT molecular complexity index is 720. The van der Waals surface area contributed by atoms with Crippen LogP contribution in [0.25, 0.3) is 10.2 Å². The molecule has 8 heteroatoms. The Morgan fingerprint density at radius 3 is 3.00 bits per heavy atom. The Hall–Kier alpha value is -1.77. The van der Waals surface area contributed by atoms with Crippen molar-refractivity contribution >= 4 is 27.5 Å². The summed E-state index contributed by atoms with van der Waals surface area (Å²) in [6.45, 7) is 5.95. The highest BCUT2D eigenvalue weighted by Crippen LogP contribution is 2.13. The number of hydrogen-bond donors (Lipinski definition) is 2. The van der Waals surface area contributed by atoms with Crippen LogP contribution in [0.1, 0.15) is 6.42 Å². The van der Waals surface area contributed by atoms with Gasteiger partial charge in [-0.3, -0.25) is 19.1 Å². The minimum absolute atomic E-state index is 0.0301. The molecule has 0 bridgehead atoms. The van der Waals surface area contributed by atoms with Gasteiger partial charge in [-0.25, -0.2) is 4.98 Å². The molecule has 1 fully saturated rings. The molecule has 0 atom stereocenters. The lowest BCUT2D eigenvalue weighted by atomic mass is 10.3. The van der Waals surface area contributed by atoms with E-state index in [2.05, 4.69) is 20.5 Å². The van der Waals surface area contributed by atoms with Gasteiger partial charge in [-0.15, -0.1) is 11.3 Å². The number of carbonyl (C=O) groups is 1. The summed E-state index contributed by atoms with van der Waals surface area (Å²) in [5.41, 5.74) is -0.0788. The Labute approximate surface area is 138 Å². The topological polar surface area (TPSA) is 79.3 Å². The van der Waals surface area contributed by atoms with Crippen LogP contribution >= 0.6 is 11.3 Å². The van der Waals surface area contributed by atoms with E-state index in [9.17, 15) is 9.59 Å². The number of rotatable bonds is 6. The van der Waals surface area contributed by atoms with Crippen LogP contribution in [0.3, 0.4) is 0 Å². The van der Waals surface area contributed by atoms with E-state index in [-0.39, 0.29) is 11.5 Å². The van der Waals surface area contributed by atoms with E-state index in [1.807, 2.05) is 5.38 Å². The third-order valence-electron chi connectivity index (χ3n) is 3.99. The molecular formula is C15H21N5O2S. The molecular weight excluding hydrogens is 314 g/mol. The fourth-order valence-electron chi connectivity index (χ4n) is 2.65. The van der Waals surface area contributed by atoms with Crippen molar-refractivity contribution in [1.29, 1.82) is 0 Å². The smallest absolute Gasteiger partial charge is 0.262 e. The van der Waals surface area contributed by atoms with E-state index >= 15 is 0 Å². The van der Waals surface area contributed by atoms with Crippen LogP contribution in [0.15, 0.2) is 22.6 Å². The number of amides is 1. The van der Waals surface area contributed by atoms with Crippen molar-refractivity contribution in [3.05, 3.63) is 28.1 Å². The van der Waals surface area contributed by atoms with Crippen molar-refractivity contribution in [1.82, 2.24) is 25.1 Å². The van der Waals surface area contributed by atoms with Gasteiger partial charge in [0, 0.05) is 52.2 Å². The van der Waals surface area contributed by atoms with Crippen molar-refractivity contribution in [2.75, 3.05) is 39.3 Å². The number of aromatic nitrogens is 2. The molecule has 0 saturated carbocycles. The normalized spacial score (nSPS) is 15.8. The molecule has 0 aromatic carbocycles. The molecule has 23 heavy (non-hydrogen) atoms. The largest absolute Gasteiger partial charge is 0.355 e. The van der Waals surface area contributed by atoms with Crippen LogP contribution in [0, 0.1) is 0 Å². The van der Waals surface area contributed by atoms with Gasteiger partial charge >= 0.3 is 0 Å². The quantitative estimate of drug-likeness (QED) is 0.769. The van der Waals surface area contributed by atoms with Crippen molar-refractivity contribution in [2.45, 2.75) is 13.0 Å². The first kappa shape index (κ1) is 16.1. The predicted molar refractivity (Wildman–Crippen MR) is 90.8 cm³/mol. The first-order valence-electron chi connectivity index (χ1n) is 7.86. The molecule has 0 spiro atoms. The lowest BCUT2D eigenvalue weighted by Gasteiger charge is -2.27. The van der Waals surface area contributed by atoms with Gasteiger partial charge in [-0.05, 0) is 11.4 Å². The predicted octanol–water partition coefficient (Wildman–Crippen LogP) is -0.130. The lowest BCUT2D eigenvalue weighted by molar-refractivity contribution is -0.121. The zero-order chi connectivity index (χ0) is 16.1. The van der Waals surface area contributed by atoms with E-state index in [0.29, 0.717) is 24.9 Å². The van der Waals surface area contributed by atoms with Crippen molar-refractivity contribution in [3.8, 4) is 0 Å². The second-order valence-electron chi connectivity index (χ2n) is 5.57. The highest BCUT2D eigenvalue weighted by molar-refractivity contribution is 7.16. The maximum absolute atomic E-state index is 12.2. The molecule has 3 heterocycles. The lowest BCUT2D eigenvalue weighted by Crippen LogP contribution is -2.46. The minimum Gasteiger partial charge on any atom is -0.355 e. The van der Waals surface area contributed by atoms with Crippen LogP contribution in [-0.4, -0.2) is 59.6 Å². The number of carbonyl (C=O) groups excluding carboxylic acids is 1. The van der Waals surface area contributed by atoms with Gasteiger partial charge in [0.2, 0.25) is 5.91 Å². The summed E-state index contributed by atoms with van der Waals surface area (Å²) in [6, 6.07) is 1.78. The van der Waals surface area contributed by atoms with Crippen molar-refractivity contribution in [2.24, 2.45) is 0 Å². The van der Waals surface area contributed by atoms with Crippen LogP contribution in [0.2, 0.25) is 0 Å². The molecule has 3 rings (SSSR count). The standard InChI is InChI=1S/C15H21N5O2S/c21-13(17-5-9-19-7-3-16-4-8-19)1-6-20-11-18-14-12(15(20)22)2-10-23-14/h2,10-11,16H,1,3-9H2,(H,17,21). The van der Waals surface area contributed by atoms with Gasteiger partial charge in [0.1, 0.15) is 4.83 Å². The molecule has 0 unspecified atom stereocenters. The summed E-state index contributed by atoms with van der Waals surface area (Å²) in [4.78, 5) is 31.4. The first-order chi connectivity index (χ1) is 11.2. The Morgan fingerprint density at radius 1 is 1.35 bits per heavy atom. The molecule has 7 nitrogen and oxygen atoms in total. The van der Waals surface area contributed by atoms with Crippen LogP contribution in [0.5, 0.6) is 0 Å². The summed E-state index contributed by atoms with van der Waals surface area (Å²) in [5.74, 6) is -0.0301. The molecule has 2 N–H and O–H groups in total. The van der Waals surface area contributed by atoms with E-state index in [0.717, 1.165) is 37.6 Å².